The van der Waals surface area contributed by atoms with E-state index in [1.165, 1.54) is 30.4 Å². The quantitative estimate of drug-likeness (QED) is 0.812. The summed E-state index contributed by atoms with van der Waals surface area (Å²) in [6.07, 6.45) is 3.68. The maximum Gasteiger partial charge on any atom is 0.339 e. The topological polar surface area (TPSA) is 48.3 Å². The van der Waals surface area contributed by atoms with Crippen LogP contribution in [-0.2, 0) is 17.7 Å². The summed E-state index contributed by atoms with van der Waals surface area (Å²) >= 11 is 0. The lowest BCUT2D eigenvalue weighted by molar-refractivity contribution is 0.0599. The van der Waals surface area contributed by atoms with Gasteiger partial charge in [0, 0.05) is 24.7 Å². The van der Waals surface area contributed by atoms with Crippen LogP contribution >= 0.6 is 0 Å². The van der Waals surface area contributed by atoms with Gasteiger partial charge < -0.3 is 9.30 Å². The summed E-state index contributed by atoms with van der Waals surface area (Å²) < 4.78 is 6.31. The lowest BCUT2D eigenvalue weighted by Crippen LogP contribution is -2.23. The molecule has 1 aromatic heterocycles. The molecule has 0 N–H and O–H groups in total. The molecule has 1 atom stereocenters. The van der Waals surface area contributed by atoms with Crippen LogP contribution in [-0.4, -0.2) is 17.6 Å². The van der Waals surface area contributed by atoms with E-state index in [-0.39, 0.29) is 5.56 Å². The first kappa shape index (κ1) is 13.6. The third-order valence-electron chi connectivity index (χ3n) is 4.08. The average molecular weight is 283 g/mol. The van der Waals surface area contributed by atoms with Gasteiger partial charge in [0.2, 0.25) is 0 Å². The predicted octanol–water partition coefficient (Wildman–Crippen LogP) is 2.36. The number of nitrogens with zero attached hydrogens (tertiary/aromatic N) is 1. The van der Waals surface area contributed by atoms with Crippen LogP contribution in [0.2, 0.25) is 0 Å². The Morgan fingerprint density at radius 2 is 2.10 bits per heavy atom. The van der Waals surface area contributed by atoms with Gasteiger partial charge in [-0.2, -0.15) is 0 Å². The van der Waals surface area contributed by atoms with Crippen LogP contribution in [0.4, 0.5) is 0 Å². The van der Waals surface area contributed by atoms with E-state index >= 15 is 0 Å². The van der Waals surface area contributed by atoms with E-state index in [9.17, 15) is 9.59 Å². The Morgan fingerprint density at radius 3 is 2.90 bits per heavy atom. The number of benzene rings is 1. The maximum absolute atomic E-state index is 12.0. The smallest absolute Gasteiger partial charge is 0.339 e. The minimum absolute atomic E-state index is 0.0907. The SMILES string of the molecule is COC(=O)c1ccc(=O)n(CC2CCc3ccccc32)c1. The molecular weight excluding hydrogens is 266 g/mol. The van der Waals surface area contributed by atoms with Crippen LogP contribution in [0.5, 0.6) is 0 Å². The van der Waals surface area contributed by atoms with Gasteiger partial charge in [0.15, 0.2) is 0 Å². The zero-order valence-corrected chi connectivity index (χ0v) is 11.9. The third kappa shape index (κ3) is 2.61. The Labute approximate surface area is 123 Å². The molecule has 0 spiro atoms. The van der Waals surface area contributed by atoms with Crippen molar-refractivity contribution in [1.82, 2.24) is 4.57 Å². The van der Waals surface area contributed by atoms with Gasteiger partial charge >= 0.3 is 5.97 Å². The fraction of sp³-hybridized carbons (Fsp3) is 0.294. The first-order valence-corrected chi connectivity index (χ1v) is 7.05. The van der Waals surface area contributed by atoms with E-state index in [1.807, 2.05) is 12.1 Å². The number of carbonyl (C=O) groups is 1. The molecule has 0 saturated heterocycles. The number of aromatic nitrogens is 1. The highest BCUT2D eigenvalue weighted by Gasteiger charge is 2.22. The van der Waals surface area contributed by atoms with Crippen LogP contribution in [0.1, 0.15) is 33.8 Å². The zero-order valence-electron chi connectivity index (χ0n) is 11.9. The molecule has 3 rings (SSSR count). The van der Waals surface area contributed by atoms with Crippen LogP contribution < -0.4 is 5.56 Å². The summed E-state index contributed by atoms with van der Waals surface area (Å²) in [7, 11) is 1.34. The molecule has 1 unspecified atom stereocenters. The second-order valence-corrected chi connectivity index (χ2v) is 5.33. The van der Waals surface area contributed by atoms with Gasteiger partial charge in [-0.1, -0.05) is 24.3 Å². The third-order valence-corrected chi connectivity index (χ3v) is 4.08. The first-order valence-electron chi connectivity index (χ1n) is 7.05. The van der Waals surface area contributed by atoms with Crippen LogP contribution in [0.15, 0.2) is 47.4 Å². The maximum atomic E-state index is 12.0. The molecule has 4 heteroatoms. The Kier molecular flexibility index (Phi) is 3.60. The van der Waals surface area contributed by atoms with Gasteiger partial charge in [-0.3, -0.25) is 4.79 Å². The summed E-state index contributed by atoms with van der Waals surface area (Å²) in [4.78, 5) is 23.6. The van der Waals surface area contributed by atoms with Gasteiger partial charge in [0.1, 0.15) is 0 Å². The number of rotatable bonds is 3. The van der Waals surface area contributed by atoms with Crippen molar-refractivity contribution in [3.63, 3.8) is 0 Å². The monoisotopic (exact) mass is 283 g/mol. The van der Waals surface area contributed by atoms with E-state index in [1.54, 1.807) is 10.8 Å². The minimum Gasteiger partial charge on any atom is -0.465 e. The molecule has 1 heterocycles. The zero-order chi connectivity index (χ0) is 14.8. The second-order valence-electron chi connectivity index (χ2n) is 5.33. The van der Waals surface area contributed by atoms with Crippen molar-refractivity contribution in [1.29, 1.82) is 0 Å². The Morgan fingerprint density at radius 1 is 1.29 bits per heavy atom. The molecule has 0 fully saturated rings. The number of hydrogen-bond acceptors (Lipinski definition) is 3. The highest BCUT2D eigenvalue weighted by molar-refractivity contribution is 5.88. The Balaban J connectivity index is 1.89. The molecule has 0 radical (unpaired) electrons. The van der Waals surface area contributed by atoms with Crippen molar-refractivity contribution in [2.75, 3.05) is 7.11 Å². The lowest BCUT2D eigenvalue weighted by atomic mass is 10.0. The van der Waals surface area contributed by atoms with Crippen molar-refractivity contribution in [3.8, 4) is 0 Å². The van der Waals surface area contributed by atoms with E-state index in [2.05, 4.69) is 12.1 Å². The predicted molar refractivity (Wildman–Crippen MR) is 79.5 cm³/mol. The van der Waals surface area contributed by atoms with E-state index in [4.69, 9.17) is 4.74 Å². The van der Waals surface area contributed by atoms with Crippen molar-refractivity contribution >= 4 is 5.97 Å². The van der Waals surface area contributed by atoms with E-state index in [0.717, 1.165) is 12.8 Å². The largest absolute Gasteiger partial charge is 0.465 e. The standard InChI is InChI=1S/C17H17NO3/c1-21-17(20)14-8-9-16(19)18(11-14)10-13-7-6-12-4-2-3-5-15(12)13/h2-5,8-9,11,13H,6-7,10H2,1H3. The normalized spacial score (nSPS) is 16.5. The first-order chi connectivity index (χ1) is 10.2. The van der Waals surface area contributed by atoms with Gasteiger partial charge in [-0.15, -0.1) is 0 Å². The molecule has 4 nitrogen and oxygen atoms in total. The number of hydrogen-bond donors (Lipinski definition) is 0. The fourth-order valence-electron chi connectivity index (χ4n) is 2.99. The summed E-state index contributed by atoms with van der Waals surface area (Å²) in [6.45, 7) is 0.598. The van der Waals surface area contributed by atoms with Crippen LogP contribution in [0, 0.1) is 0 Å². The summed E-state index contributed by atoms with van der Waals surface area (Å²) in [6, 6.07) is 11.3. The number of ether oxygens (including phenoxy) is 1. The number of esters is 1. The summed E-state index contributed by atoms with van der Waals surface area (Å²) in [5.74, 6) is -0.0950. The molecule has 0 saturated carbocycles. The Hall–Kier alpha value is -2.36. The molecule has 0 aliphatic heterocycles. The van der Waals surface area contributed by atoms with Gasteiger partial charge in [-0.05, 0) is 30.0 Å². The number of fused-ring (bicyclic) bond motifs is 1. The van der Waals surface area contributed by atoms with E-state index in [0.29, 0.717) is 18.0 Å². The number of pyridine rings is 1. The van der Waals surface area contributed by atoms with Gasteiger partial charge in [-0.25, -0.2) is 4.79 Å². The molecule has 21 heavy (non-hydrogen) atoms. The fourth-order valence-corrected chi connectivity index (χ4v) is 2.99. The van der Waals surface area contributed by atoms with Gasteiger partial charge in [0.05, 0.1) is 12.7 Å². The summed E-state index contributed by atoms with van der Waals surface area (Å²) in [5.41, 5.74) is 2.99. The Bertz CT molecular complexity index is 733. The van der Waals surface area contributed by atoms with Crippen molar-refractivity contribution in [2.24, 2.45) is 0 Å². The van der Waals surface area contributed by atoms with Crippen molar-refractivity contribution in [2.45, 2.75) is 25.3 Å². The molecule has 1 aliphatic carbocycles. The minimum atomic E-state index is -0.421. The number of aryl methyl sites for hydroxylation is 1. The summed E-state index contributed by atoms with van der Waals surface area (Å²) in [5, 5.41) is 0. The highest BCUT2D eigenvalue weighted by atomic mass is 16.5. The average Bonchev–Trinajstić information content (AvgIpc) is 2.92. The molecular formula is C17H17NO3. The van der Waals surface area contributed by atoms with Crippen molar-refractivity contribution < 1.29 is 9.53 Å². The number of methoxy groups -OCH3 is 1. The molecule has 0 bridgehead atoms. The molecule has 2 aromatic rings. The molecule has 0 amide bonds. The van der Waals surface area contributed by atoms with Crippen molar-refractivity contribution in [3.05, 3.63) is 69.6 Å². The number of carbonyl (C=O) groups excluding carboxylic acids is 1. The molecule has 108 valence electrons. The lowest BCUT2D eigenvalue weighted by Gasteiger charge is -2.14. The highest BCUT2D eigenvalue weighted by Crippen LogP contribution is 2.33. The second kappa shape index (κ2) is 5.56. The van der Waals surface area contributed by atoms with Crippen LogP contribution in [0.25, 0.3) is 0 Å². The molecule has 1 aliphatic rings. The van der Waals surface area contributed by atoms with E-state index < -0.39 is 5.97 Å². The van der Waals surface area contributed by atoms with Crippen LogP contribution in [0.3, 0.4) is 0 Å². The van der Waals surface area contributed by atoms with Gasteiger partial charge in [0.25, 0.3) is 5.56 Å². The molecule has 1 aromatic carbocycles.